The summed E-state index contributed by atoms with van der Waals surface area (Å²) in [6.45, 7) is 11.6. The van der Waals surface area contributed by atoms with E-state index in [-0.39, 0.29) is 0 Å². The molecule has 4 nitrogen and oxygen atoms in total. The second-order valence-corrected chi connectivity index (χ2v) is 9.63. The van der Waals surface area contributed by atoms with Gasteiger partial charge in [0.1, 0.15) is 5.75 Å². The fourth-order valence-corrected chi connectivity index (χ4v) is 5.36. The molecule has 1 saturated heterocycles. The molecular formula is C25H36IN3O. The maximum absolute atomic E-state index is 10.7. The van der Waals surface area contributed by atoms with Crippen molar-refractivity contribution >= 4 is 22.6 Å². The molecule has 0 radical (unpaired) electrons. The van der Waals surface area contributed by atoms with Crippen LogP contribution in [0, 0.1) is 3.57 Å². The first-order chi connectivity index (χ1) is 14.5. The fraction of sp³-hybridized carbons (Fsp3) is 0.520. The van der Waals surface area contributed by atoms with Crippen LogP contribution in [-0.2, 0) is 19.6 Å². The number of nitrogens with zero attached hydrogens (tertiary/aromatic N) is 3. The molecule has 2 aromatic rings. The van der Waals surface area contributed by atoms with Gasteiger partial charge in [0, 0.05) is 31.2 Å². The summed E-state index contributed by atoms with van der Waals surface area (Å²) in [5.74, 6) is 0.455. The van der Waals surface area contributed by atoms with E-state index in [4.69, 9.17) is 0 Å². The Morgan fingerprint density at radius 1 is 1.00 bits per heavy atom. The molecule has 0 saturated carbocycles. The van der Waals surface area contributed by atoms with Crippen LogP contribution in [0.15, 0.2) is 42.5 Å². The molecule has 0 spiro atoms. The lowest BCUT2D eigenvalue weighted by molar-refractivity contribution is 0.112. The van der Waals surface area contributed by atoms with Gasteiger partial charge in [-0.05, 0) is 91.9 Å². The minimum Gasteiger partial charge on any atom is -0.507 e. The Balaban J connectivity index is 1.61. The van der Waals surface area contributed by atoms with Crippen LogP contribution in [-0.4, -0.2) is 59.1 Å². The van der Waals surface area contributed by atoms with Crippen LogP contribution in [0.4, 0.5) is 0 Å². The van der Waals surface area contributed by atoms with Crippen molar-refractivity contribution in [3.8, 4) is 5.75 Å². The van der Waals surface area contributed by atoms with Crippen molar-refractivity contribution in [3.05, 3.63) is 62.7 Å². The van der Waals surface area contributed by atoms with Gasteiger partial charge < -0.3 is 10.0 Å². The molecule has 1 aliphatic rings. The first-order valence-electron chi connectivity index (χ1n) is 11.2. The van der Waals surface area contributed by atoms with E-state index in [0.29, 0.717) is 11.8 Å². The lowest BCUT2D eigenvalue weighted by Crippen LogP contribution is -2.44. The predicted molar refractivity (Wildman–Crippen MR) is 134 cm³/mol. The largest absolute Gasteiger partial charge is 0.507 e. The number of aromatic hydroxyl groups is 1. The second kappa shape index (κ2) is 11.5. The Kier molecular flexibility index (Phi) is 8.98. The van der Waals surface area contributed by atoms with Crippen molar-refractivity contribution in [2.24, 2.45) is 0 Å². The number of likely N-dealkylation sites (tertiary alicyclic amines) is 1. The molecule has 1 aliphatic heterocycles. The normalized spacial score (nSPS) is 15.9. The fourth-order valence-electron chi connectivity index (χ4n) is 4.62. The predicted octanol–water partition coefficient (Wildman–Crippen LogP) is 4.94. The third-order valence-electron chi connectivity index (χ3n) is 6.23. The zero-order valence-electron chi connectivity index (χ0n) is 18.6. The number of hydrogen-bond donors (Lipinski definition) is 1. The lowest BCUT2D eigenvalue weighted by atomic mass is 10.0. The summed E-state index contributed by atoms with van der Waals surface area (Å²) in [5, 5.41) is 10.7. The van der Waals surface area contributed by atoms with Gasteiger partial charge in [-0.15, -0.1) is 0 Å². The standard InChI is InChI=1S/C25H36IN3O/c1-4-29(5-2)23-11-13-28(14-12-23)19-22-15-21(16-24(26)25(22)30)18-27(3)17-20-9-7-6-8-10-20/h6-10,15-16,23,30H,4-5,11-14,17-19H2,1-3H3. The molecule has 0 bridgehead atoms. The van der Waals surface area contributed by atoms with Crippen LogP contribution in [0.2, 0.25) is 0 Å². The molecule has 0 atom stereocenters. The number of halogens is 1. The van der Waals surface area contributed by atoms with Gasteiger partial charge in [-0.3, -0.25) is 9.80 Å². The van der Waals surface area contributed by atoms with Crippen LogP contribution in [0.5, 0.6) is 5.75 Å². The highest BCUT2D eigenvalue weighted by Crippen LogP contribution is 2.29. The minimum atomic E-state index is 0.455. The Hall–Kier alpha value is -1.15. The van der Waals surface area contributed by atoms with E-state index in [2.05, 4.69) is 101 Å². The van der Waals surface area contributed by atoms with Gasteiger partial charge >= 0.3 is 0 Å². The van der Waals surface area contributed by atoms with Gasteiger partial charge in [0.25, 0.3) is 0 Å². The van der Waals surface area contributed by atoms with Crippen molar-refractivity contribution in [3.63, 3.8) is 0 Å². The van der Waals surface area contributed by atoms with E-state index >= 15 is 0 Å². The molecule has 30 heavy (non-hydrogen) atoms. The van der Waals surface area contributed by atoms with Crippen LogP contribution in [0.3, 0.4) is 0 Å². The average molecular weight is 521 g/mol. The van der Waals surface area contributed by atoms with E-state index in [1.54, 1.807) is 0 Å². The van der Waals surface area contributed by atoms with Crippen molar-refractivity contribution < 1.29 is 5.11 Å². The van der Waals surface area contributed by atoms with Crippen molar-refractivity contribution in [2.75, 3.05) is 33.2 Å². The van der Waals surface area contributed by atoms with E-state index in [1.165, 1.54) is 24.0 Å². The number of rotatable bonds is 9. The Bertz CT molecular complexity index is 786. The zero-order chi connectivity index (χ0) is 21.5. The summed E-state index contributed by atoms with van der Waals surface area (Å²) in [6.07, 6.45) is 2.44. The Morgan fingerprint density at radius 2 is 1.63 bits per heavy atom. The maximum Gasteiger partial charge on any atom is 0.133 e. The Labute approximate surface area is 196 Å². The zero-order valence-corrected chi connectivity index (χ0v) is 20.8. The van der Waals surface area contributed by atoms with E-state index in [0.717, 1.165) is 54.9 Å². The first-order valence-corrected chi connectivity index (χ1v) is 12.3. The molecule has 2 aromatic carbocycles. The minimum absolute atomic E-state index is 0.455. The molecule has 164 valence electrons. The number of hydrogen-bond acceptors (Lipinski definition) is 4. The van der Waals surface area contributed by atoms with E-state index < -0.39 is 0 Å². The number of phenols is 1. The molecule has 0 unspecified atom stereocenters. The van der Waals surface area contributed by atoms with Gasteiger partial charge in [-0.1, -0.05) is 44.2 Å². The van der Waals surface area contributed by atoms with Crippen LogP contribution >= 0.6 is 22.6 Å². The molecule has 1 fully saturated rings. The van der Waals surface area contributed by atoms with Crippen LogP contribution in [0.25, 0.3) is 0 Å². The molecule has 1 N–H and O–H groups in total. The van der Waals surface area contributed by atoms with Gasteiger partial charge in [0.15, 0.2) is 0 Å². The van der Waals surface area contributed by atoms with Crippen LogP contribution < -0.4 is 0 Å². The summed E-state index contributed by atoms with van der Waals surface area (Å²) < 4.78 is 0.950. The highest BCUT2D eigenvalue weighted by molar-refractivity contribution is 14.1. The number of piperidine rings is 1. The van der Waals surface area contributed by atoms with Crippen molar-refractivity contribution in [1.29, 1.82) is 0 Å². The SMILES string of the molecule is CCN(CC)C1CCN(Cc2cc(CN(C)Cc3ccccc3)cc(I)c2O)CC1. The Morgan fingerprint density at radius 3 is 2.27 bits per heavy atom. The summed E-state index contributed by atoms with van der Waals surface area (Å²) in [5.41, 5.74) is 3.65. The smallest absolute Gasteiger partial charge is 0.133 e. The van der Waals surface area contributed by atoms with Gasteiger partial charge in [0.2, 0.25) is 0 Å². The van der Waals surface area contributed by atoms with Gasteiger partial charge in [-0.2, -0.15) is 0 Å². The molecule has 0 amide bonds. The topological polar surface area (TPSA) is 30.0 Å². The summed E-state index contributed by atoms with van der Waals surface area (Å²) >= 11 is 2.27. The highest BCUT2D eigenvalue weighted by atomic mass is 127. The lowest BCUT2D eigenvalue weighted by Gasteiger charge is -2.37. The molecule has 0 aromatic heterocycles. The first kappa shape index (κ1) is 23.5. The third kappa shape index (κ3) is 6.42. The van der Waals surface area contributed by atoms with E-state index in [9.17, 15) is 5.11 Å². The maximum atomic E-state index is 10.7. The number of benzene rings is 2. The molecule has 1 heterocycles. The average Bonchev–Trinajstić information content (AvgIpc) is 2.74. The summed E-state index contributed by atoms with van der Waals surface area (Å²) in [6, 6.07) is 15.6. The molecular weight excluding hydrogens is 485 g/mol. The van der Waals surface area contributed by atoms with Gasteiger partial charge in [0.05, 0.1) is 3.57 Å². The van der Waals surface area contributed by atoms with Crippen LogP contribution in [0.1, 0.15) is 43.4 Å². The highest BCUT2D eigenvalue weighted by Gasteiger charge is 2.23. The van der Waals surface area contributed by atoms with Crippen molar-refractivity contribution in [2.45, 2.75) is 52.4 Å². The molecule has 5 heteroatoms. The van der Waals surface area contributed by atoms with Crippen molar-refractivity contribution in [1.82, 2.24) is 14.7 Å². The van der Waals surface area contributed by atoms with E-state index in [1.807, 2.05) is 0 Å². The monoisotopic (exact) mass is 521 g/mol. The molecule has 0 aliphatic carbocycles. The third-order valence-corrected chi connectivity index (χ3v) is 7.05. The second-order valence-electron chi connectivity index (χ2n) is 8.47. The number of phenolic OH excluding ortho intramolecular Hbond substituents is 1. The summed E-state index contributed by atoms with van der Waals surface area (Å²) in [7, 11) is 2.16. The summed E-state index contributed by atoms with van der Waals surface area (Å²) in [4.78, 5) is 7.42. The van der Waals surface area contributed by atoms with Gasteiger partial charge in [-0.25, -0.2) is 0 Å². The quantitative estimate of drug-likeness (QED) is 0.474. The molecule has 3 rings (SSSR count).